The quantitative estimate of drug-likeness (QED) is 0.857. The van der Waals surface area contributed by atoms with Crippen molar-refractivity contribution in [3.63, 3.8) is 0 Å². The van der Waals surface area contributed by atoms with E-state index < -0.39 is 0 Å². The van der Waals surface area contributed by atoms with Crippen LogP contribution in [0.15, 0.2) is 36.7 Å². The van der Waals surface area contributed by atoms with Crippen LogP contribution in [-0.2, 0) is 4.79 Å². The summed E-state index contributed by atoms with van der Waals surface area (Å²) in [6.07, 6.45) is 1.54. The molecule has 1 amide bonds. The zero-order chi connectivity index (χ0) is 12.3. The topological polar surface area (TPSA) is 54.9 Å². The molecule has 86 valence electrons. The van der Waals surface area contributed by atoms with Crippen LogP contribution in [0, 0.1) is 6.92 Å². The molecule has 0 aliphatic heterocycles. The van der Waals surface area contributed by atoms with Gasteiger partial charge in [0.15, 0.2) is 0 Å². The van der Waals surface area contributed by atoms with Crippen molar-refractivity contribution in [2.45, 2.75) is 13.8 Å². The van der Waals surface area contributed by atoms with Crippen LogP contribution >= 0.6 is 0 Å². The van der Waals surface area contributed by atoms with E-state index in [0.717, 1.165) is 22.6 Å². The van der Waals surface area contributed by atoms with Crippen LogP contribution < -0.4 is 5.32 Å². The lowest BCUT2D eigenvalue weighted by Gasteiger charge is -2.05. The van der Waals surface area contributed by atoms with Crippen LogP contribution in [0.5, 0.6) is 0 Å². The molecule has 0 bridgehead atoms. The lowest BCUT2D eigenvalue weighted by atomic mass is 10.1. The largest absolute Gasteiger partial charge is 0.326 e. The second-order valence-electron chi connectivity index (χ2n) is 3.81. The van der Waals surface area contributed by atoms with Crippen molar-refractivity contribution in [2.75, 3.05) is 5.32 Å². The second-order valence-corrected chi connectivity index (χ2v) is 3.81. The summed E-state index contributed by atoms with van der Waals surface area (Å²) in [6, 6.07) is 9.49. The highest BCUT2D eigenvalue weighted by Crippen LogP contribution is 2.20. The van der Waals surface area contributed by atoms with Crippen LogP contribution in [0.1, 0.15) is 12.6 Å². The maximum absolute atomic E-state index is 11.0. The van der Waals surface area contributed by atoms with E-state index in [0.29, 0.717) is 0 Å². The standard InChI is InChI=1S/C13H13N3O/c1-9-6-13(15-8-14-9)11-4-3-5-12(7-11)16-10(2)17/h3-8H,1-2H3,(H,16,17). The number of nitrogens with one attached hydrogen (secondary N) is 1. The average molecular weight is 227 g/mol. The minimum absolute atomic E-state index is 0.0824. The van der Waals surface area contributed by atoms with Crippen LogP contribution in [0.4, 0.5) is 5.69 Å². The molecule has 0 saturated heterocycles. The van der Waals surface area contributed by atoms with Crippen molar-refractivity contribution >= 4 is 11.6 Å². The van der Waals surface area contributed by atoms with Gasteiger partial charge in [0.05, 0.1) is 5.69 Å². The van der Waals surface area contributed by atoms with Gasteiger partial charge in [-0.15, -0.1) is 0 Å². The zero-order valence-electron chi connectivity index (χ0n) is 9.77. The number of amides is 1. The predicted molar refractivity (Wildman–Crippen MR) is 66.5 cm³/mol. The molecule has 1 heterocycles. The Morgan fingerprint density at radius 1 is 1.24 bits per heavy atom. The summed E-state index contributed by atoms with van der Waals surface area (Å²) in [7, 11) is 0. The number of hydrogen-bond donors (Lipinski definition) is 1. The summed E-state index contributed by atoms with van der Waals surface area (Å²) in [6.45, 7) is 3.41. The van der Waals surface area contributed by atoms with E-state index in [2.05, 4.69) is 15.3 Å². The number of aryl methyl sites for hydroxylation is 1. The van der Waals surface area contributed by atoms with Gasteiger partial charge < -0.3 is 5.32 Å². The molecule has 2 aromatic rings. The predicted octanol–water partition coefficient (Wildman–Crippen LogP) is 2.41. The van der Waals surface area contributed by atoms with Gasteiger partial charge >= 0.3 is 0 Å². The number of carbonyl (C=O) groups is 1. The van der Waals surface area contributed by atoms with Crippen molar-refractivity contribution < 1.29 is 4.79 Å². The molecule has 1 aromatic carbocycles. The third-order valence-corrected chi connectivity index (χ3v) is 2.28. The Balaban J connectivity index is 2.36. The SMILES string of the molecule is CC(=O)Nc1cccc(-c2cc(C)ncn2)c1. The van der Waals surface area contributed by atoms with Gasteiger partial charge in [0, 0.05) is 23.9 Å². The Labute approximate surface area is 99.7 Å². The van der Waals surface area contributed by atoms with E-state index in [-0.39, 0.29) is 5.91 Å². The molecule has 0 spiro atoms. The molecule has 0 radical (unpaired) electrons. The van der Waals surface area contributed by atoms with E-state index in [9.17, 15) is 4.79 Å². The van der Waals surface area contributed by atoms with Crippen molar-refractivity contribution in [1.29, 1.82) is 0 Å². The molecule has 0 saturated carbocycles. The van der Waals surface area contributed by atoms with Crippen LogP contribution in [-0.4, -0.2) is 15.9 Å². The van der Waals surface area contributed by atoms with Crippen molar-refractivity contribution in [2.24, 2.45) is 0 Å². The Bertz CT molecular complexity index is 552. The van der Waals surface area contributed by atoms with Crippen LogP contribution in [0.2, 0.25) is 0 Å². The molecule has 0 unspecified atom stereocenters. The first-order valence-electron chi connectivity index (χ1n) is 5.32. The lowest BCUT2D eigenvalue weighted by Crippen LogP contribution is -2.05. The van der Waals surface area contributed by atoms with E-state index in [1.807, 2.05) is 37.3 Å². The Morgan fingerprint density at radius 2 is 2.06 bits per heavy atom. The fourth-order valence-corrected chi connectivity index (χ4v) is 1.57. The van der Waals surface area contributed by atoms with Gasteiger partial charge in [0.1, 0.15) is 6.33 Å². The van der Waals surface area contributed by atoms with Crippen molar-refractivity contribution in [3.8, 4) is 11.3 Å². The molecule has 0 atom stereocenters. The molecule has 4 nitrogen and oxygen atoms in total. The number of rotatable bonds is 2. The Morgan fingerprint density at radius 3 is 2.76 bits per heavy atom. The number of nitrogens with zero attached hydrogens (tertiary/aromatic N) is 2. The Kier molecular flexibility index (Phi) is 3.14. The minimum atomic E-state index is -0.0824. The van der Waals surface area contributed by atoms with Gasteiger partial charge in [-0.25, -0.2) is 9.97 Å². The van der Waals surface area contributed by atoms with Crippen LogP contribution in [0.3, 0.4) is 0 Å². The summed E-state index contributed by atoms with van der Waals surface area (Å²) in [5.41, 5.74) is 3.50. The summed E-state index contributed by atoms with van der Waals surface area (Å²) >= 11 is 0. The van der Waals surface area contributed by atoms with Crippen molar-refractivity contribution in [1.82, 2.24) is 9.97 Å². The summed E-state index contributed by atoms with van der Waals surface area (Å²) in [5, 5.41) is 2.75. The lowest BCUT2D eigenvalue weighted by molar-refractivity contribution is -0.114. The fraction of sp³-hybridized carbons (Fsp3) is 0.154. The molecule has 17 heavy (non-hydrogen) atoms. The van der Waals surface area contributed by atoms with Crippen molar-refractivity contribution in [3.05, 3.63) is 42.4 Å². The van der Waals surface area contributed by atoms with Gasteiger partial charge in [-0.3, -0.25) is 4.79 Å². The van der Waals surface area contributed by atoms with E-state index in [1.54, 1.807) is 0 Å². The van der Waals surface area contributed by atoms with Gasteiger partial charge in [-0.05, 0) is 25.1 Å². The highest BCUT2D eigenvalue weighted by atomic mass is 16.1. The zero-order valence-corrected chi connectivity index (χ0v) is 9.77. The molecule has 0 aliphatic rings. The monoisotopic (exact) mass is 227 g/mol. The first-order chi connectivity index (χ1) is 8.15. The Hall–Kier alpha value is -2.23. The molecule has 1 aromatic heterocycles. The number of benzene rings is 1. The molecule has 2 rings (SSSR count). The normalized spacial score (nSPS) is 10.0. The molecule has 4 heteroatoms. The van der Waals surface area contributed by atoms with E-state index in [4.69, 9.17) is 0 Å². The fourth-order valence-electron chi connectivity index (χ4n) is 1.57. The average Bonchev–Trinajstić information content (AvgIpc) is 2.28. The van der Waals surface area contributed by atoms with Gasteiger partial charge in [0.2, 0.25) is 5.91 Å². The first-order valence-corrected chi connectivity index (χ1v) is 5.32. The minimum Gasteiger partial charge on any atom is -0.326 e. The second kappa shape index (κ2) is 4.74. The number of aromatic nitrogens is 2. The molecule has 0 fully saturated rings. The maximum atomic E-state index is 11.0. The summed E-state index contributed by atoms with van der Waals surface area (Å²) in [4.78, 5) is 19.2. The molecular weight excluding hydrogens is 214 g/mol. The van der Waals surface area contributed by atoms with E-state index >= 15 is 0 Å². The van der Waals surface area contributed by atoms with Crippen LogP contribution in [0.25, 0.3) is 11.3 Å². The third kappa shape index (κ3) is 2.87. The summed E-state index contributed by atoms with van der Waals surface area (Å²) < 4.78 is 0. The van der Waals surface area contributed by atoms with Gasteiger partial charge in [0.25, 0.3) is 0 Å². The first kappa shape index (κ1) is 11.3. The molecular formula is C13H13N3O. The van der Waals surface area contributed by atoms with Gasteiger partial charge in [-0.1, -0.05) is 12.1 Å². The van der Waals surface area contributed by atoms with E-state index in [1.165, 1.54) is 13.3 Å². The molecule has 0 aliphatic carbocycles. The maximum Gasteiger partial charge on any atom is 0.221 e. The highest BCUT2D eigenvalue weighted by Gasteiger charge is 2.02. The number of hydrogen-bond acceptors (Lipinski definition) is 3. The number of anilines is 1. The van der Waals surface area contributed by atoms with Gasteiger partial charge in [-0.2, -0.15) is 0 Å². The third-order valence-electron chi connectivity index (χ3n) is 2.28. The number of carbonyl (C=O) groups excluding carboxylic acids is 1. The molecule has 1 N–H and O–H groups in total. The smallest absolute Gasteiger partial charge is 0.221 e. The highest BCUT2D eigenvalue weighted by molar-refractivity contribution is 5.89. The summed E-state index contributed by atoms with van der Waals surface area (Å²) in [5.74, 6) is -0.0824.